The molecule has 2 amide bonds. The summed E-state index contributed by atoms with van der Waals surface area (Å²) < 4.78 is 18.4. The molecule has 1 atom stereocenters. The van der Waals surface area contributed by atoms with E-state index in [9.17, 15) is 14.0 Å². The molecule has 0 aromatic heterocycles. The Morgan fingerprint density at radius 2 is 1.71 bits per heavy atom. The molecule has 1 unspecified atom stereocenters. The van der Waals surface area contributed by atoms with Crippen molar-refractivity contribution in [2.45, 2.75) is 12.5 Å². The highest BCUT2D eigenvalue weighted by atomic mass is 19.1. The summed E-state index contributed by atoms with van der Waals surface area (Å²) in [6.07, 6.45) is 0.737. The molecule has 0 aliphatic carbocycles. The lowest BCUT2D eigenvalue weighted by Crippen LogP contribution is -2.54. The van der Waals surface area contributed by atoms with Gasteiger partial charge in [0, 0.05) is 38.4 Å². The van der Waals surface area contributed by atoms with Crippen LogP contribution >= 0.6 is 0 Å². The third-order valence-corrected chi connectivity index (χ3v) is 5.77. The molecule has 31 heavy (non-hydrogen) atoms. The number of anilines is 1. The highest BCUT2D eigenvalue weighted by Gasteiger charge is 2.38. The third-order valence-electron chi connectivity index (χ3n) is 5.77. The van der Waals surface area contributed by atoms with E-state index in [1.807, 2.05) is 0 Å². The fourth-order valence-electron chi connectivity index (χ4n) is 4.03. The van der Waals surface area contributed by atoms with Crippen molar-refractivity contribution >= 4 is 17.5 Å². The summed E-state index contributed by atoms with van der Waals surface area (Å²) in [5.41, 5.74) is 1.37. The number of piperazine rings is 1. The molecule has 2 aromatic rings. The Bertz CT molecular complexity index is 979. The molecule has 2 fully saturated rings. The van der Waals surface area contributed by atoms with Gasteiger partial charge in [-0.05, 0) is 55.0 Å². The molecule has 0 bridgehead atoms. The van der Waals surface area contributed by atoms with Crippen LogP contribution in [0.5, 0.6) is 5.75 Å². The van der Waals surface area contributed by atoms with Crippen LogP contribution in [0.2, 0.25) is 0 Å². The van der Waals surface area contributed by atoms with Gasteiger partial charge in [0.15, 0.2) is 6.61 Å². The van der Waals surface area contributed by atoms with Crippen LogP contribution in [-0.2, 0) is 9.59 Å². The van der Waals surface area contributed by atoms with Gasteiger partial charge in [-0.2, -0.15) is 5.26 Å². The van der Waals surface area contributed by atoms with Crippen molar-refractivity contribution in [3.8, 4) is 11.8 Å². The van der Waals surface area contributed by atoms with Crippen LogP contribution in [0, 0.1) is 17.1 Å². The van der Waals surface area contributed by atoms with Gasteiger partial charge in [0.25, 0.3) is 5.91 Å². The Balaban J connectivity index is 1.27. The molecule has 8 heteroatoms. The Kier molecular flexibility index (Phi) is 6.14. The highest BCUT2D eigenvalue weighted by molar-refractivity contribution is 5.99. The molecular weight excluding hydrogens is 399 g/mol. The van der Waals surface area contributed by atoms with Crippen molar-refractivity contribution in [2.75, 3.05) is 44.2 Å². The first-order valence-electron chi connectivity index (χ1n) is 10.3. The van der Waals surface area contributed by atoms with E-state index in [0.29, 0.717) is 44.0 Å². The van der Waals surface area contributed by atoms with Gasteiger partial charge in [0.1, 0.15) is 11.6 Å². The molecular formula is C23H23FN4O3. The van der Waals surface area contributed by atoms with Crippen molar-refractivity contribution in [2.24, 2.45) is 0 Å². The molecule has 0 spiro atoms. The van der Waals surface area contributed by atoms with Crippen molar-refractivity contribution in [3.05, 3.63) is 59.9 Å². The molecule has 0 radical (unpaired) electrons. The van der Waals surface area contributed by atoms with Crippen LogP contribution in [0.1, 0.15) is 12.0 Å². The van der Waals surface area contributed by atoms with Crippen molar-refractivity contribution in [1.29, 1.82) is 5.26 Å². The second-order valence-corrected chi connectivity index (χ2v) is 7.61. The largest absolute Gasteiger partial charge is 0.484 e. The molecule has 7 nitrogen and oxygen atoms in total. The van der Waals surface area contributed by atoms with E-state index < -0.39 is 0 Å². The summed E-state index contributed by atoms with van der Waals surface area (Å²) >= 11 is 0. The summed E-state index contributed by atoms with van der Waals surface area (Å²) in [7, 11) is 0. The second-order valence-electron chi connectivity index (χ2n) is 7.61. The third kappa shape index (κ3) is 4.67. The van der Waals surface area contributed by atoms with Gasteiger partial charge in [0.2, 0.25) is 5.91 Å². The van der Waals surface area contributed by atoms with Gasteiger partial charge in [-0.25, -0.2) is 4.39 Å². The predicted molar refractivity (Wildman–Crippen MR) is 112 cm³/mol. The zero-order chi connectivity index (χ0) is 21.8. The zero-order valence-electron chi connectivity index (χ0n) is 17.0. The summed E-state index contributed by atoms with van der Waals surface area (Å²) in [4.78, 5) is 31.0. The number of nitriles is 1. The molecule has 160 valence electrons. The smallest absolute Gasteiger partial charge is 0.260 e. The minimum atomic E-state index is -0.353. The van der Waals surface area contributed by atoms with Crippen LogP contribution in [0.15, 0.2) is 48.5 Å². The van der Waals surface area contributed by atoms with Crippen LogP contribution in [0.3, 0.4) is 0 Å². The molecule has 2 aromatic carbocycles. The van der Waals surface area contributed by atoms with E-state index in [4.69, 9.17) is 10.00 Å². The lowest BCUT2D eigenvalue weighted by Gasteiger charge is -2.37. The van der Waals surface area contributed by atoms with Crippen LogP contribution in [0.4, 0.5) is 10.1 Å². The first kappa shape index (κ1) is 20.8. The van der Waals surface area contributed by atoms with E-state index in [-0.39, 0.29) is 30.3 Å². The number of amides is 2. The Morgan fingerprint density at radius 3 is 2.35 bits per heavy atom. The Morgan fingerprint density at radius 1 is 1.03 bits per heavy atom. The van der Waals surface area contributed by atoms with Crippen molar-refractivity contribution in [3.63, 3.8) is 0 Å². The molecule has 2 aliphatic heterocycles. The average molecular weight is 422 g/mol. The lowest BCUT2D eigenvalue weighted by atomic mass is 10.1. The van der Waals surface area contributed by atoms with Gasteiger partial charge in [-0.15, -0.1) is 0 Å². The normalized spacial score (nSPS) is 19.4. The van der Waals surface area contributed by atoms with E-state index in [0.717, 1.165) is 12.1 Å². The summed E-state index contributed by atoms with van der Waals surface area (Å²) in [6, 6.07) is 14.5. The van der Waals surface area contributed by atoms with E-state index in [1.165, 1.54) is 24.3 Å². The average Bonchev–Trinajstić information content (AvgIpc) is 3.20. The van der Waals surface area contributed by atoms with Gasteiger partial charge in [-0.1, -0.05) is 0 Å². The van der Waals surface area contributed by atoms with Gasteiger partial charge in [0.05, 0.1) is 17.7 Å². The molecule has 0 N–H and O–H groups in total. The summed E-state index contributed by atoms with van der Waals surface area (Å²) in [6.45, 7) is 2.86. The fraction of sp³-hybridized carbons (Fsp3) is 0.348. The van der Waals surface area contributed by atoms with E-state index >= 15 is 0 Å². The minimum absolute atomic E-state index is 0.0594. The van der Waals surface area contributed by atoms with Crippen LogP contribution in [-0.4, -0.2) is 67.0 Å². The minimum Gasteiger partial charge on any atom is -0.484 e. The standard InChI is InChI=1S/C23H23FN4O3/c24-18-3-7-20(8-4-18)31-16-22(29)27-13-11-26(12-14-27)21-9-10-28(23(21)30)19-5-1-17(15-25)2-6-19/h1-8,21H,9-14,16H2. The van der Waals surface area contributed by atoms with Crippen molar-refractivity contribution < 1.29 is 18.7 Å². The SMILES string of the molecule is N#Cc1ccc(N2CCC(N3CCN(C(=O)COc4ccc(F)cc4)CC3)C2=O)cc1. The van der Waals surface area contributed by atoms with E-state index in [1.54, 1.807) is 34.1 Å². The number of rotatable bonds is 5. The zero-order valence-corrected chi connectivity index (χ0v) is 17.0. The summed E-state index contributed by atoms with van der Waals surface area (Å²) in [5, 5.41) is 8.93. The molecule has 2 heterocycles. The topological polar surface area (TPSA) is 76.9 Å². The first-order valence-corrected chi connectivity index (χ1v) is 10.3. The number of halogens is 1. The maximum Gasteiger partial charge on any atom is 0.260 e. The predicted octanol–water partition coefficient (Wildman–Crippen LogP) is 2.03. The van der Waals surface area contributed by atoms with Crippen molar-refractivity contribution in [1.82, 2.24) is 9.80 Å². The monoisotopic (exact) mass is 422 g/mol. The lowest BCUT2D eigenvalue weighted by molar-refractivity contribution is -0.135. The number of nitrogens with zero attached hydrogens (tertiary/aromatic N) is 4. The number of carbonyl (C=O) groups excluding carboxylic acids is 2. The van der Waals surface area contributed by atoms with Crippen LogP contribution in [0.25, 0.3) is 0 Å². The quantitative estimate of drug-likeness (QED) is 0.737. The number of benzene rings is 2. The summed E-state index contributed by atoms with van der Waals surface area (Å²) in [5.74, 6) is 0.0342. The number of hydrogen-bond donors (Lipinski definition) is 0. The number of hydrogen-bond acceptors (Lipinski definition) is 5. The maximum absolute atomic E-state index is 13.0. The maximum atomic E-state index is 13.0. The van der Waals surface area contributed by atoms with E-state index in [2.05, 4.69) is 11.0 Å². The number of ether oxygens (including phenoxy) is 1. The van der Waals surface area contributed by atoms with Crippen LogP contribution < -0.4 is 9.64 Å². The second kappa shape index (κ2) is 9.14. The highest BCUT2D eigenvalue weighted by Crippen LogP contribution is 2.25. The van der Waals surface area contributed by atoms with Gasteiger partial charge < -0.3 is 14.5 Å². The Labute approximate surface area is 180 Å². The molecule has 4 rings (SSSR count). The fourth-order valence-corrected chi connectivity index (χ4v) is 4.03. The Hall–Kier alpha value is -3.44. The van der Waals surface area contributed by atoms with Gasteiger partial charge >= 0.3 is 0 Å². The molecule has 2 saturated heterocycles. The first-order chi connectivity index (χ1) is 15.0. The van der Waals surface area contributed by atoms with Gasteiger partial charge in [-0.3, -0.25) is 14.5 Å². The molecule has 2 aliphatic rings. The molecule has 0 saturated carbocycles. The number of carbonyl (C=O) groups is 2.